The number of nitrogens with one attached hydrogen (secondary N) is 2. The van der Waals surface area contributed by atoms with Gasteiger partial charge in [-0.1, -0.05) is 18.2 Å². The molecule has 0 aliphatic rings. The quantitative estimate of drug-likeness (QED) is 0.753. The SMILES string of the molecule is Cc1ccc(C)c(S(=O)(=O)NCCC(=O)NCCc2cccs2)c1. The zero-order valence-corrected chi connectivity index (χ0v) is 15.5. The van der Waals surface area contributed by atoms with Gasteiger partial charge >= 0.3 is 0 Å². The number of hydrogen-bond acceptors (Lipinski definition) is 4. The van der Waals surface area contributed by atoms with Crippen molar-refractivity contribution in [3.8, 4) is 0 Å². The summed E-state index contributed by atoms with van der Waals surface area (Å²) in [6, 6.07) is 9.29. The predicted octanol–water partition coefficient (Wildman–Crippen LogP) is 2.39. The minimum atomic E-state index is -3.59. The average molecular weight is 367 g/mol. The van der Waals surface area contributed by atoms with Crippen LogP contribution in [0.2, 0.25) is 0 Å². The highest BCUT2D eigenvalue weighted by molar-refractivity contribution is 7.89. The first kappa shape index (κ1) is 18.6. The Morgan fingerprint density at radius 2 is 1.96 bits per heavy atom. The molecule has 0 bridgehead atoms. The van der Waals surface area contributed by atoms with Crippen molar-refractivity contribution in [2.75, 3.05) is 13.1 Å². The van der Waals surface area contributed by atoms with Crippen LogP contribution in [-0.4, -0.2) is 27.4 Å². The molecule has 2 aromatic rings. The summed E-state index contributed by atoms with van der Waals surface area (Å²) in [6.45, 7) is 4.24. The highest BCUT2D eigenvalue weighted by Gasteiger charge is 2.16. The van der Waals surface area contributed by atoms with Crippen LogP contribution in [-0.2, 0) is 21.2 Å². The van der Waals surface area contributed by atoms with E-state index in [1.54, 1.807) is 30.4 Å². The number of benzene rings is 1. The zero-order chi connectivity index (χ0) is 17.6. The van der Waals surface area contributed by atoms with E-state index in [2.05, 4.69) is 10.0 Å². The van der Waals surface area contributed by atoms with E-state index in [1.807, 2.05) is 30.5 Å². The summed E-state index contributed by atoms with van der Waals surface area (Å²) in [5.41, 5.74) is 1.57. The monoisotopic (exact) mass is 366 g/mol. The minimum absolute atomic E-state index is 0.0839. The van der Waals surface area contributed by atoms with Crippen molar-refractivity contribution in [1.29, 1.82) is 0 Å². The van der Waals surface area contributed by atoms with Crippen LogP contribution in [0.5, 0.6) is 0 Å². The van der Waals surface area contributed by atoms with E-state index in [4.69, 9.17) is 0 Å². The second kappa shape index (κ2) is 8.41. The number of thiophene rings is 1. The maximum atomic E-state index is 12.3. The van der Waals surface area contributed by atoms with Gasteiger partial charge in [0.05, 0.1) is 4.90 Å². The van der Waals surface area contributed by atoms with Crippen molar-refractivity contribution in [2.45, 2.75) is 31.6 Å². The lowest BCUT2D eigenvalue weighted by Crippen LogP contribution is -2.32. The second-order valence-electron chi connectivity index (χ2n) is 5.60. The fraction of sp³-hybridized carbons (Fsp3) is 0.353. The molecule has 1 aromatic carbocycles. The normalized spacial score (nSPS) is 11.4. The number of carbonyl (C=O) groups excluding carboxylic acids is 1. The van der Waals surface area contributed by atoms with Crippen molar-refractivity contribution < 1.29 is 13.2 Å². The van der Waals surface area contributed by atoms with E-state index in [0.29, 0.717) is 12.1 Å². The van der Waals surface area contributed by atoms with E-state index in [-0.39, 0.29) is 23.8 Å². The highest BCUT2D eigenvalue weighted by Crippen LogP contribution is 2.16. The predicted molar refractivity (Wildman–Crippen MR) is 96.8 cm³/mol. The standard InChI is InChI=1S/C17H22N2O3S2/c1-13-5-6-14(2)16(12-13)24(21,22)19-10-8-17(20)18-9-7-15-4-3-11-23-15/h3-6,11-12,19H,7-10H2,1-2H3,(H,18,20). The summed E-state index contributed by atoms with van der Waals surface area (Å²) in [5.74, 6) is -0.157. The van der Waals surface area contributed by atoms with Crippen molar-refractivity contribution in [3.63, 3.8) is 0 Å². The van der Waals surface area contributed by atoms with Crippen molar-refractivity contribution in [2.24, 2.45) is 0 Å². The molecule has 0 fully saturated rings. The Morgan fingerprint density at radius 3 is 2.67 bits per heavy atom. The maximum absolute atomic E-state index is 12.3. The molecule has 0 saturated heterocycles. The molecule has 1 amide bonds. The molecule has 7 heteroatoms. The number of amides is 1. The fourth-order valence-electron chi connectivity index (χ4n) is 2.24. The summed E-state index contributed by atoms with van der Waals surface area (Å²) in [4.78, 5) is 13.3. The maximum Gasteiger partial charge on any atom is 0.240 e. The molecule has 24 heavy (non-hydrogen) atoms. The van der Waals surface area contributed by atoms with E-state index >= 15 is 0 Å². The van der Waals surface area contributed by atoms with Gasteiger partial charge in [0.15, 0.2) is 0 Å². The van der Waals surface area contributed by atoms with Crippen LogP contribution < -0.4 is 10.0 Å². The molecule has 2 rings (SSSR count). The third-order valence-corrected chi connectivity index (χ3v) is 6.09. The molecule has 1 heterocycles. The van der Waals surface area contributed by atoms with Gasteiger partial charge < -0.3 is 5.32 Å². The molecule has 0 spiro atoms. The Balaban J connectivity index is 1.78. The van der Waals surface area contributed by atoms with Gasteiger partial charge in [0.25, 0.3) is 0 Å². The molecule has 0 radical (unpaired) electrons. The summed E-state index contributed by atoms with van der Waals surface area (Å²) in [7, 11) is -3.59. The van der Waals surface area contributed by atoms with Crippen LogP contribution in [0.3, 0.4) is 0 Å². The van der Waals surface area contributed by atoms with E-state index in [0.717, 1.165) is 12.0 Å². The largest absolute Gasteiger partial charge is 0.356 e. The molecule has 2 N–H and O–H groups in total. The molecule has 5 nitrogen and oxygen atoms in total. The molecular weight excluding hydrogens is 344 g/mol. The van der Waals surface area contributed by atoms with Gasteiger partial charge in [0.1, 0.15) is 0 Å². The third kappa shape index (κ3) is 5.43. The summed E-state index contributed by atoms with van der Waals surface area (Å²) >= 11 is 1.65. The number of sulfonamides is 1. The number of hydrogen-bond donors (Lipinski definition) is 2. The van der Waals surface area contributed by atoms with E-state index in [1.165, 1.54) is 4.88 Å². The molecule has 0 aliphatic carbocycles. The van der Waals surface area contributed by atoms with Crippen molar-refractivity contribution in [3.05, 3.63) is 51.7 Å². The van der Waals surface area contributed by atoms with Gasteiger partial charge in [-0.2, -0.15) is 0 Å². The summed E-state index contributed by atoms with van der Waals surface area (Å²) in [5, 5.41) is 4.80. The first-order chi connectivity index (χ1) is 11.4. The molecule has 0 atom stereocenters. The first-order valence-electron chi connectivity index (χ1n) is 7.74. The minimum Gasteiger partial charge on any atom is -0.356 e. The van der Waals surface area contributed by atoms with Gasteiger partial charge in [-0.15, -0.1) is 11.3 Å². The summed E-state index contributed by atoms with van der Waals surface area (Å²) in [6.07, 6.45) is 0.909. The zero-order valence-electron chi connectivity index (χ0n) is 13.8. The van der Waals surface area contributed by atoms with Crippen LogP contribution in [0.15, 0.2) is 40.6 Å². The van der Waals surface area contributed by atoms with Gasteiger partial charge in [0.2, 0.25) is 15.9 Å². The lowest BCUT2D eigenvalue weighted by Gasteiger charge is -2.10. The number of aryl methyl sites for hydroxylation is 2. The lowest BCUT2D eigenvalue weighted by atomic mass is 10.2. The number of carbonyl (C=O) groups is 1. The molecule has 0 aliphatic heterocycles. The molecule has 0 unspecified atom stereocenters. The molecule has 1 aromatic heterocycles. The second-order valence-corrected chi connectivity index (χ2v) is 8.36. The Morgan fingerprint density at radius 1 is 1.17 bits per heavy atom. The molecular formula is C17H22N2O3S2. The smallest absolute Gasteiger partial charge is 0.240 e. The van der Waals surface area contributed by atoms with Crippen LogP contribution >= 0.6 is 11.3 Å². The third-order valence-electron chi connectivity index (χ3n) is 3.55. The number of rotatable bonds is 8. The van der Waals surface area contributed by atoms with E-state index in [9.17, 15) is 13.2 Å². The fourth-order valence-corrected chi connectivity index (χ4v) is 4.31. The van der Waals surface area contributed by atoms with Gasteiger partial charge in [-0.05, 0) is 48.9 Å². The Kier molecular flexibility index (Phi) is 6.53. The van der Waals surface area contributed by atoms with Crippen LogP contribution in [0, 0.1) is 13.8 Å². The van der Waals surface area contributed by atoms with Gasteiger partial charge in [0, 0.05) is 24.4 Å². The highest BCUT2D eigenvalue weighted by atomic mass is 32.2. The van der Waals surface area contributed by atoms with Crippen LogP contribution in [0.1, 0.15) is 22.4 Å². The average Bonchev–Trinajstić information content (AvgIpc) is 3.03. The summed E-state index contributed by atoms with van der Waals surface area (Å²) < 4.78 is 27.1. The Hall–Kier alpha value is -1.70. The Labute approximate surface area is 147 Å². The first-order valence-corrected chi connectivity index (χ1v) is 10.1. The van der Waals surface area contributed by atoms with Crippen molar-refractivity contribution >= 4 is 27.3 Å². The van der Waals surface area contributed by atoms with Crippen LogP contribution in [0.4, 0.5) is 0 Å². The molecule has 130 valence electrons. The van der Waals surface area contributed by atoms with Gasteiger partial charge in [-0.3, -0.25) is 4.79 Å². The van der Waals surface area contributed by atoms with Gasteiger partial charge in [-0.25, -0.2) is 13.1 Å². The van der Waals surface area contributed by atoms with Crippen molar-refractivity contribution in [1.82, 2.24) is 10.0 Å². The topological polar surface area (TPSA) is 75.3 Å². The van der Waals surface area contributed by atoms with Crippen LogP contribution in [0.25, 0.3) is 0 Å². The van der Waals surface area contributed by atoms with E-state index < -0.39 is 10.0 Å². The Bertz CT molecular complexity index is 784. The lowest BCUT2D eigenvalue weighted by molar-refractivity contribution is -0.120. The molecule has 0 saturated carbocycles.